The van der Waals surface area contributed by atoms with Crippen LogP contribution >= 0.6 is 0 Å². The van der Waals surface area contributed by atoms with Crippen molar-refractivity contribution in [1.82, 2.24) is 0 Å². The summed E-state index contributed by atoms with van der Waals surface area (Å²) in [6.07, 6.45) is 4.35. The number of aliphatic hydroxyl groups is 1. The molecular weight excluding hydrogens is 228 g/mol. The molecule has 0 saturated heterocycles. The van der Waals surface area contributed by atoms with Crippen LogP contribution in [0.4, 0.5) is 0 Å². The molecule has 3 nitrogen and oxygen atoms in total. The fourth-order valence-electron chi connectivity index (χ4n) is 3.76. The Kier molecular flexibility index (Phi) is 2.36. The Morgan fingerprint density at radius 2 is 2.06 bits per heavy atom. The molecule has 0 heterocycles. The number of carbonyl (C=O) groups excluding carboxylic acids is 1. The lowest BCUT2D eigenvalue weighted by Gasteiger charge is -2.57. The lowest BCUT2D eigenvalue weighted by Crippen LogP contribution is -2.55. The number of aliphatic hydroxyl groups excluding tert-OH is 1. The van der Waals surface area contributed by atoms with Gasteiger partial charge in [-0.3, -0.25) is 4.79 Å². The molecule has 0 aliphatic heterocycles. The van der Waals surface area contributed by atoms with Crippen LogP contribution in [0.15, 0.2) is 11.3 Å². The number of carbonyl (C=O) groups is 1. The van der Waals surface area contributed by atoms with Crippen molar-refractivity contribution < 1.29 is 14.6 Å². The minimum Gasteiger partial charge on any atom is -0.512 e. The molecule has 3 fully saturated rings. The van der Waals surface area contributed by atoms with E-state index < -0.39 is 11.0 Å². The van der Waals surface area contributed by atoms with Gasteiger partial charge in [0.1, 0.15) is 5.60 Å². The molecule has 100 valence electrons. The first-order valence-electron chi connectivity index (χ1n) is 7.02. The van der Waals surface area contributed by atoms with E-state index in [0.717, 1.165) is 19.3 Å². The van der Waals surface area contributed by atoms with Gasteiger partial charge in [-0.2, -0.15) is 0 Å². The summed E-state index contributed by atoms with van der Waals surface area (Å²) in [6.45, 7) is 5.87. The van der Waals surface area contributed by atoms with Crippen molar-refractivity contribution in [2.75, 3.05) is 0 Å². The van der Waals surface area contributed by atoms with Gasteiger partial charge in [-0.25, -0.2) is 0 Å². The average molecular weight is 250 g/mol. The first kappa shape index (κ1) is 12.1. The van der Waals surface area contributed by atoms with Crippen molar-refractivity contribution in [1.29, 1.82) is 0 Å². The summed E-state index contributed by atoms with van der Waals surface area (Å²) in [4.78, 5) is 12.3. The smallest absolute Gasteiger partial charge is 0.312 e. The molecule has 5 rings (SSSR count). The number of allylic oxidation sites excluding steroid dienone is 1. The van der Waals surface area contributed by atoms with Gasteiger partial charge in [0.2, 0.25) is 0 Å². The Labute approximate surface area is 108 Å². The third kappa shape index (κ3) is 1.52. The van der Waals surface area contributed by atoms with E-state index >= 15 is 0 Å². The van der Waals surface area contributed by atoms with Gasteiger partial charge >= 0.3 is 5.97 Å². The van der Waals surface area contributed by atoms with E-state index in [9.17, 15) is 9.90 Å². The van der Waals surface area contributed by atoms with Gasteiger partial charge in [0.15, 0.2) is 0 Å². The summed E-state index contributed by atoms with van der Waals surface area (Å²) in [5, 5.41) is 10.0. The number of fused-ring (bicyclic) bond motifs is 1. The highest BCUT2D eigenvalue weighted by molar-refractivity contribution is 5.76. The molecule has 0 spiro atoms. The normalized spacial score (nSPS) is 37.5. The standard InChI is InChI=1S/C15H22O3/c1-4-14(2,3)13(17)18-15-6-9-5-10(7-15)12(9)11(16)8-15/h9-10,16H,4-8H2,1-3H3. The molecule has 0 aromatic carbocycles. The second-order valence-corrected chi connectivity index (χ2v) is 6.93. The van der Waals surface area contributed by atoms with Crippen LogP contribution in [0.1, 0.15) is 52.9 Å². The van der Waals surface area contributed by atoms with Gasteiger partial charge in [-0.15, -0.1) is 0 Å². The van der Waals surface area contributed by atoms with Crippen molar-refractivity contribution in [2.45, 2.75) is 58.5 Å². The molecule has 3 saturated carbocycles. The van der Waals surface area contributed by atoms with E-state index in [1.807, 2.05) is 20.8 Å². The summed E-state index contributed by atoms with van der Waals surface area (Å²) in [6, 6.07) is 0. The first-order valence-corrected chi connectivity index (χ1v) is 7.02. The minimum absolute atomic E-state index is 0.109. The van der Waals surface area contributed by atoms with E-state index in [4.69, 9.17) is 4.74 Å². The number of rotatable bonds is 3. The summed E-state index contributed by atoms with van der Waals surface area (Å²) in [5.74, 6) is 1.36. The van der Waals surface area contributed by atoms with Crippen LogP contribution in [0.25, 0.3) is 0 Å². The largest absolute Gasteiger partial charge is 0.512 e. The highest BCUT2D eigenvalue weighted by Gasteiger charge is 2.58. The average Bonchev–Trinajstić information content (AvgIpc) is 2.26. The lowest BCUT2D eigenvalue weighted by molar-refractivity contribution is -0.185. The van der Waals surface area contributed by atoms with Crippen molar-refractivity contribution in [2.24, 2.45) is 17.3 Å². The van der Waals surface area contributed by atoms with Crippen molar-refractivity contribution in [3.05, 3.63) is 11.3 Å². The fourth-order valence-corrected chi connectivity index (χ4v) is 3.76. The van der Waals surface area contributed by atoms with E-state index in [1.165, 1.54) is 12.0 Å². The molecule has 3 heteroatoms. The van der Waals surface area contributed by atoms with Crippen LogP contribution in [0, 0.1) is 17.3 Å². The molecule has 2 atom stereocenters. The maximum atomic E-state index is 12.3. The Hall–Kier alpha value is -0.990. The second-order valence-electron chi connectivity index (χ2n) is 6.93. The summed E-state index contributed by atoms with van der Waals surface area (Å²) in [7, 11) is 0. The maximum absolute atomic E-state index is 12.3. The zero-order valence-corrected chi connectivity index (χ0v) is 11.5. The SMILES string of the molecule is CCC(C)(C)C(=O)OC12CC(O)=C3C(CC3C1)C2. The molecule has 5 aliphatic carbocycles. The summed E-state index contributed by atoms with van der Waals surface area (Å²) < 4.78 is 5.86. The van der Waals surface area contributed by atoms with Gasteiger partial charge in [0, 0.05) is 6.42 Å². The Morgan fingerprint density at radius 3 is 2.56 bits per heavy atom. The zero-order chi connectivity index (χ0) is 13.1. The number of ether oxygens (including phenoxy) is 1. The molecule has 5 aliphatic rings. The Balaban J connectivity index is 1.79. The zero-order valence-electron chi connectivity index (χ0n) is 11.5. The van der Waals surface area contributed by atoms with E-state index in [2.05, 4.69) is 0 Å². The highest BCUT2D eigenvalue weighted by atomic mass is 16.6. The number of esters is 1. The van der Waals surface area contributed by atoms with Gasteiger partial charge in [-0.05, 0) is 56.9 Å². The summed E-state index contributed by atoms with van der Waals surface area (Å²) in [5.41, 5.74) is 0.446. The quantitative estimate of drug-likeness (QED) is 0.781. The van der Waals surface area contributed by atoms with Gasteiger partial charge in [0.25, 0.3) is 0 Å². The van der Waals surface area contributed by atoms with Gasteiger partial charge in [-0.1, -0.05) is 6.92 Å². The van der Waals surface area contributed by atoms with Gasteiger partial charge in [0.05, 0.1) is 11.2 Å². The van der Waals surface area contributed by atoms with Crippen molar-refractivity contribution in [3.63, 3.8) is 0 Å². The van der Waals surface area contributed by atoms with Crippen LogP contribution in [0.3, 0.4) is 0 Å². The van der Waals surface area contributed by atoms with E-state index in [0.29, 0.717) is 24.0 Å². The number of hydrogen-bond acceptors (Lipinski definition) is 3. The van der Waals surface area contributed by atoms with Gasteiger partial charge < -0.3 is 9.84 Å². The molecule has 18 heavy (non-hydrogen) atoms. The Morgan fingerprint density at radius 1 is 1.44 bits per heavy atom. The van der Waals surface area contributed by atoms with Crippen LogP contribution < -0.4 is 0 Å². The third-order valence-electron chi connectivity index (χ3n) is 5.25. The fraction of sp³-hybridized carbons (Fsp3) is 0.800. The molecule has 4 bridgehead atoms. The highest BCUT2D eigenvalue weighted by Crippen LogP contribution is 2.61. The molecule has 2 unspecified atom stereocenters. The third-order valence-corrected chi connectivity index (χ3v) is 5.25. The Bertz CT molecular complexity index is 419. The lowest BCUT2D eigenvalue weighted by atomic mass is 9.51. The molecule has 0 aromatic heterocycles. The van der Waals surface area contributed by atoms with E-state index in [1.54, 1.807) is 0 Å². The molecule has 0 radical (unpaired) electrons. The predicted molar refractivity (Wildman–Crippen MR) is 68.0 cm³/mol. The van der Waals surface area contributed by atoms with Crippen LogP contribution in [-0.4, -0.2) is 16.7 Å². The minimum atomic E-state index is -0.421. The van der Waals surface area contributed by atoms with Crippen molar-refractivity contribution in [3.8, 4) is 0 Å². The predicted octanol–water partition coefficient (Wildman–Crippen LogP) is 3.35. The van der Waals surface area contributed by atoms with Crippen molar-refractivity contribution >= 4 is 5.97 Å². The molecule has 0 aromatic rings. The van der Waals surface area contributed by atoms with Crippen LogP contribution in [-0.2, 0) is 9.53 Å². The summed E-state index contributed by atoms with van der Waals surface area (Å²) >= 11 is 0. The van der Waals surface area contributed by atoms with Crippen LogP contribution in [0.5, 0.6) is 0 Å². The topological polar surface area (TPSA) is 46.5 Å². The molecule has 1 N–H and O–H groups in total. The monoisotopic (exact) mass is 250 g/mol. The molecule has 0 amide bonds. The maximum Gasteiger partial charge on any atom is 0.312 e. The molecular formula is C15H22O3. The number of hydrogen-bond donors (Lipinski definition) is 1. The van der Waals surface area contributed by atoms with Crippen LogP contribution in [0.2, 0.25) is 0 Å². The second kappa shape index (κ2) is 3.52. The first-order chi connectivity index (χ1) is 8.37. The van der Waals surface area contributed by atoms with E-state index in [-0.39, 0.29) is 5.97 Å².